The molecule has 182 valence electrons. The van der Waals surface area contributed by atoms with Crippen molar-refractivity contribution in [2.75, 3.05) is 35.5 Å². The summed E-state index contributed by atoms with van der Waals surface area (Å²) in [5.41, 5.74) is 4.47. The van der Waals surface area contributed by atoms with E-state index in [1.54, 1.807) is 0 Å². The molecule has 2 heterocycles. The van der Waals surface area contributed by atoms with Crippen LogP contribution in [-0.2, 0) is 4.57 Å². The molecule has 36 heavy (non-hydrogen) atoms. The number of rotatable bonds is 5. The van der Waals surface area contributed by atoms with Crippen LogP contribution in [0.5, 0.6) is 0 Å². The minimum absolute atomic E-state index is 0.264. The average molecular weight is 494 g/mol. The van der Waals surface area contributed by atoms with Crippen molar-refractivity contribution >= 4 is 29.6 Å². The molecule has 2 saturated heterocycles. The normalized spacial score (nSPS) is 19.1. The molecule has 1 atom stereocenters. The number of hydrogen-bond acceptors (Lipinski definition) is 2. The molecule has 4 nitrogen and oxygen atoms in total. The summed E-state index contributed by atoms with van der Waals surface area (Å²) in [5, 5.41) is 2.36. The van der Waals surface area contributed by atoms with Gasteiger partial charge in [-0.2, -0.15) is 0 Å². The summed E-state index contributed by atoms with van der Waals surface area (Å²) in [5.74, 6) is -0.264. The van der Waals surface area contributed by atoms with Gasteiger partial charge >= 0.3 is 0 Å². The van der Waals surface area contributed by atoms with Crippen LogP contribution in [0.1, 0.15) is 24.2 Å². The van der Waals surface area contributed by atoms with E-state index in [1.807, 2.05) is 36.4 Å². The molecule has 0 spiro atoms. The molecule has 2 aliphatic rings. The standard InChI is InChI=1S/C31H32N3OP/c1-25-19-21-32(22-20-25)31(30-18-10-12-26-11-8-9-17-29(26)30)36(35)33(27-13-4-2-5-14-27)23-24-34(36)28-15-6-3-7-16-28/h2-18,31H,1,19-24H2. The van der Waals surface area contributed by atoms with Crippen molar-refractivity contribution in [1.29, 1.82) is 0 Å². The van der Waals surface area contributed by atoms with E-state index in [4.69, 9.17) is 0 Å². The summed E-state index contributed by atoms with van der Waals surface area (Å²) in [6.45, 7) is 7.42. The average Bonchev–Trinajstić information content (AvgIpc) is 3.28. The van der Waals surface area contributed by atoms with Crippen LogP contribution in [0.3, 0.4) is 0 Å². The fraction of sp³-hybridized carbons (Fsp3) is 0.226. The summed E-state index contributed by atoms with van der Waals surface area (Å²) in [6.07, 6.45) is 1.88. The highest BCUT2D eigenvalue weighted by molar-refractivity contribution is 7.67. The van der Waals surface area contributed by atoms with Crippen LogP contribution in [-0.4, -0.2) is 31.1 Å². The second-order valence-corrected chi connectivity index (χ2v) is 12.4. The van der Waals surface area contributed by atoms with Gasteiger partial charge < -0.3 is 9.34 Å². The lowest BCUT2D eigenvalue weighted by atomic mass is 10.0. The largest absolute Gasteiger partial charge is 0.304 e. The number of benzene rings is 4. The minimum atomic E-state index is -3.20. The van der Waals surface area contributed by atoms with Crippen molar-refractivity contribution in [3.8, 4) is 0 Å². The summed E-state index contributed by atoms with van der Waals surface area (Å²) in [6, 6.07) is 35.6. The molecule has 4 aromatic carbocycles. The van der Waals surface area contributed by atoms with Crippen molar-refractivity contribution in [3.63, 3.8) is 0 Å². The third-order valence-corrected chi connectivity index (χ3v) is 11.1. The van der Waals surface area contributed by atoms with Gasteiger partial charge in [0.1, 0.15) is 5.78 Å². The summed E-state index contributed by atoms with van der Waals surface area (Å²) in [4.78, 5) is 2.47. The Hall–Kier alpha value is -3.33. The molecule has 2 fully saturated rings. The van der Waals surface area contributed by atoms with E-state index in [0.717, 1.165) is 56.0 Å². The highest BCUT2D eigenvalue weighted by atomic mass is 31.2. The quantitative estimate of drug-likeness (QED) is 0.210. The van der Waals surface area contributed by atoms with E-state index in [1.165, 1.54) is 16.3 Å². The Morgan fingerprint density at radius 1 is 0.639 bits per heavy atom. The first-order valence-corrected chi connectivity index (χ1v) is 14.5. The van der Waals surface area contributed by atoms with Gasteiger partial charge in [-0.1, -0.05) is 91.0 Å². The van der Waals surface area contributed by atoms with Gasteiger partial charge in [-0.05, 0) is 53.4 Å². The summed E-state index contributed by atoms with van der Waals surface area (Å²) in [7, 11) is -3.20. The Morgan fingerprint density at radius 3 is 1.78 bits per heavy atom. The second kappa shape index (κ2) is 9.61. The van der Waals surface area contributed by atoms with Crippen LogP contribution in [0.15, 0.2) is 115 Å². The van der Waals surface area contributed by atoms with Gasteiger partial charge in [0, 0.05) is 37.6 Å². The zero-order chi connectivity index (χ0) is 24.5. The zero-order valence-corrected chi connectivity index (χ0v) is 21.4. The van der Waals surface area contributed by atoms with Crippen molar-refractivity contribution in [1.82, 2.24) is 4.90 Å². The minimum Gasteiger partial charge on any atom is -0.304 e. The van der Waals surface area contributed by atoms with Gasteiger partial charge in [0.2, 0.25) is 0 Å². The number of nitrogens with zero attached hydrogens (tertiary/aromatic N) is 3. The third kappa shape index (κ3) is 3.95. The molecule has 1 unspecified atom stereocenters. The first-order valence-electron chi connectivity index (χ1n) is 12.8. The van der Waals surface area contributed by atoms with E-state index in [0.29, 0.717) is 0 Å². The highest BCUT2D eigenvalue weighted by Gasteiger charge is 2.52. The molecular weight excluding hydrogens is 461 g/mol. The fourth-order valence-corrected chi connectivity index (χ4v) is 9.52. The number of para-hydroxylation sites is 2. The molecule has 6 rings (SSSR count). The van der Waals surface area contributed by atoms with Crippen molar-refractivity contribution < 1.29 is 4.57 Å². The van der Waals surface area contributed by atoms with Crippen molar-refractivity contribution in [2.24, 2.45) is 0 Å². The summed E-state index contributed by atoms with van der Waals surface area (Å²) >= 11 is 0. The Labute approximate surface area is 213 Å². The predicted molar refractivity (Wildman–Crippen MR) is 152 cm³/mol. The molecule has 5 heteroatoms. The number of anilines is 2. The maximum atomic E-state index is 16.0. The van der Waals surface area contributed by atoms with E-state index < -0.39 is 7.44 Å². The molecule has 0 amide bonds. The van der Waals surface area contributed by atoms with Gasteiger partial charge in [0.15, 0.2) is 0 Å². The van der Waals surface area contributed by atoms with E-state index in [-0.39, 0.29) is 5.78 Å². The number of fused-ring (bicyclic) bond motifs is 1. The van der Waals surface area contributed by atoms with Crippen LogP contribution in [0.25, 0.3) is 10.8 Å². The van der Waals surface area contributed by atoms with Gasteiger partial charge in [-0.25, -0.2) is 0 Å². The molecule has 0 saturated carbocycles. The van der Waals surface area contributed by atoms with Crippen LogP contribution in [0.4, 0.5) is 11.4 Å². The topological polar surface area (TPSA) is 26.8 Å². The maximum Gasteiger partial charge on any atom is 0.284 e. The lowest BCUT2D eigenvalue weighted by molar-refractivity contribution is 0.232. The molecular formula is C31H32N3OP. The van der Waals surface area contributed by atoms with E-state index in [2.05, 4.69) is 87.5 Å². The van der Waals surface area contributed by atoms with E-state index in [9.17, 15) is 0 Å². The van der Waals surface area contributed by atoms with Crippen LogP contribution >= 0.6 is 7.44 Å². The number of likely N-dealkylation sites (tertiary alicyclic amines) is 1. The SMILES string of the molecule is C=C1CCN(C(c2cccc3ccccc23)P2(=O)N(c3ccccc3)CCN2c2ccccc2)CC1. The van der Waals surface area contributed by atoms with Crippen molar-refractivity contribution in [2.45, 2.75) is 18.6 Å². The Bertz CT molecular complexity index is 1350. The van der Waals surface area contributed by atoms with Gasteiger partial charge in [-0.3, -0.25) is 9.46 Å². The maximum absolute atomic E-state index is 16.0. The van der Waals surface area contributed by atoms with Crippen LogP contribution in [0.2, 0.25) is 0 Å². The Morgan fingerprint density at radius 2 is 1.17 bits per heavy atom. The molecule has 0 bridgehead atoms. The van der Waals surface area contributed by atoms with Gasteiger partial charge in [0.05, 0.1) is 0 Å². The Balaban J connectivity index is 1.59. The molecule has 4 aromatic rings. The first-order chi connectivity index (χ1) is 17.7. The van der Waals surface area contributed by atoms with Crippen LogP contribution in [0, 0.1) is 0 Å². The first kappa shape index (κ1) is 23.1. The van der Waals surface area contributed by atoms with Gasteiger partial charge in [0.25, 0.3) is 7.44 Å². The lowest BCUT2D eigenvalue weighted by Gasteiger charge is -2.45. The lowest BCUT2D eigenvalue weighted by Crippen LogP contribution is -2.39. The Kier molecular flexibility index (Phi) is 6.17. The van der Waals surface area contributed by atoms with Crippen LogP contribution < -0.4 is 9.34 Å². The number of hydrogen-bond donors (Lipinski definition) is 0. The number of piperidine rings is 1. The second-order valence-electron chi connectivity index (χ2n) is 9.73. The molecule has 0 radical (unpaired) electrons. The van der Waals surface area contributed by atoms with Crippen molar-refractivity contribution in [3.05, 3.63) is 121 Å². The fourth-order valence-electron chi connectivity index (χ4n) is 5.81. The predicted octanol–water partition coefficient (Wildman–Crippen LogP) is 7.71. The summed E-state index contributed by atoms with van der Waals surface area (Å²) < 4.78 is 20.4. The highest BCUT2D eigenvalue weighted by Crippen LogP contribution is 2.70. The van der Waals surface area contributed by atoms with Gasteiger partial charge in [-0.15, -0.1) is 0 Å². The zero-order valence-electron chi connectivity index (χ0n) is 20.5. The molecule has 0 aromatic heterocycles. The smallest absolute Gasteiger partial charge is 0.284 e. The molecule has 2 aliphatic heterocycles. The third-order valence-electron chi connectivity index (χ3n) is 7.60. The molecule has 0 N–H and O–H groups in total. The molecule has 0 aliphatic carbocycles. The monoisotopic (exact) mass is 493 g/mol. The van der Waals surface area contributed by atoms with E-state index >= 15 is 4.57 Å².